The summed E-state index contributed by atoms with van der Waals surface area (Å²) in [6.07, 6.45) is 1.61. The van der Waals surface area contributed by atoms with Gasteiger partial charge < -0.3 is 9.47 Å². The molecule has 0 spiro atoms. The SMILES string of the molecule is COc1ccccc1OCC(=O)N/N=C/c1ccc(C)s1. The van der Waals surface area contributed by atoms with E-state index < -0.39 is 0 Å². The van der Waals surface area contributed by atoms with Crippen molar-refractivity contribution in [2.75, 3.05) is 13.7 Å². The van der Waals surface area contributed by atoms with E-state index in [2.05, 4.69) is 10.5 Å². The van der Waals surface area contributed by atoms with Crippen molar-refractivity contribution < 1.29 is 14.3 Å². The number of rotatable bonds is 6. The molecule has 0 aliphatic carbocycles. The predicted molar refractivity (Wildman–Crippen MR) is 83.3 cm³/mol. The van der Waals surface area contributed by atoms with Crippen molar-refractivity contribution in [2.24, 2.45) is 5.10 Å². The first-order chi connectivity index (χ1) is 10.2. The van der Waals surface area contributed by atoms with Crippen LogP contribution in [-0.4, -0.2) is 25.8 Å². The molecule has 6 heteroatoms. The number of hydrogen-bond acceptors (Lipinski definition) is 5. The number of nitrogens with zero attached hydrogens (tertiary/aromatic N) is 1. The van der Waals surface area contributed by atoms with Crippen molar-refractivity contribution >= 4 is 23.5 Å². The molecule has 21 heavy (non-hydrogen) atoms. The fourth-order valence-electron chi connectivity index (χ4n) is 1.60. The van der Waals surface area contributed by atoms with E-state index in [-0.39, 0.29) is 12.5 Å². The number of carbonyl (C=O) groups is 1. The number of methoxy groups -OCH3 is 1. The van der Waals surface area contributed by atoms with Crippen molar-refractivity contribution in [1.29, 1.82) is 0 Å². The van der Waals surface area contributed by atoms with E-state index in [1.165, 1.54) is 4.88 Å². The van der Waals surface area contributed by atoms with Crippen LogP contribution in [0.1, 0.15) is 9.75 Å². The summed E-state index contributed by atoms with van der Waals surface area (Å²) in [5.74, 6) is 0.779. The molecule has 0 saturated carbocycles. The number of ether oxygens (including phenoxy) is 2. The van der Waals surface area contributed by atoms with Crippen LogP contribution in [0.25, 0.3) is 0 Å². The summed E-state index contributed by atoms with van der Waals surface area (Å²) in [6.45, 7) is 1.89. The van der Waals surface area contributed by atoms with E-state index in [4.69, 9.17) is 9.47 Å². The number of hydrazone groups is 1. The molecule has 0 aliphatic rings. The first-order valence-corrected chi connectivity index (χ1v) is 7.15. The molecule has 0 radical (unpaired) electrons. The lowest BCUT2D eigenvalue weighted by molar-refractivity contribution is -0.123. The number of hydrogen-bond donors (Lipinski definition) is 1. The Morgan fingerprint density at radius 2 is 2.05 bits per heavy atom. The average Bonchev–Trinajstić information content (AvgIpc) is 2.91. The number of para-hydroxylation sites is 2. The molecule has 1 amide bonds. The van der Waals surface area contributed by atoms with E-state index in [9.17, 15) is 4.79 Å². The Labute approximate surface area is 127 Å². The topological polar surface area (TPSA) is 59.9 Å². The van der Waals surface area contributed by atoms with Gasteiger partial charge in [-0.3, -0.25) is 4.79 Å². The number of benzene rings is 1. The van der Waals surface area contributed by atoms with Crippen molar-refractivity contribution in [2.45, 2.75) is 6.92 Å². The monoisotopic (exact) mass is 304 g/mol. The molecule has 5 nitrogen and oxygen atoms in total. The van der Waals surface area contributed by atoms with Gasteiger partial charge in [-0.05, 0) is 31.2 Å². The van der Waals surface area contributed by atoms with Crippen LogP contribution in [0.15, 0.2) is 41.5 Å². The van der Waals surface area contributed by atoms with E-state index >= 15 is 0 Å². The molecule has 1 heterocycles. The zero-order valence-corrected chi connectivity index (χ0v) is 12.6. The van der Waals surface area contributed by atoms with E-state index in [0.29, 0.717) is 11.5 Å². The number of nitrogens with one attached hydrogen (secondary N) is 1. The minimum absolute atomic E-state index is 0.124. The smallest absolute Gasteiger partial charge is 0.277 e. The van der Waals surface area contributed by atoms with Crippen LogP contribution < -0.4 is 14.9 Å². The molecule has 2 rings (SSSR count). The molecular weight excluding hydrogens is 288 g/mol. The van der Waals surface area contributed by atoms with Gasteiger partial charge in [0.05, 0.1) is 13.3 Å². The third-order valence-electron chi connectivity index (χ3n) is 2.57. The molecular formula is C15H16N2O3S. The number of carbonyl (C=O) groups excluding carboxylic acids is 1. The summed E-state index contributed by atoms with van der Waals surface area (Å²) in [6, 6.07) is 11.1. The third-order valence-corrected chi connectivity index (χ3v) is 3.51. The minimum atomic E-state index is -0.328. The van der Waals surface area contributed by atoms with Gasteiger partial charge in [0.2, 0.25) is 0 Å². The Morgan fingerprint density at radius 1 is 1.29 bits per heavy atom. The summed E-state index contributed by atoms with van der Waals surface area (Å²) < 4.78 is 10.5. The standard InChI is InChI=1S/C15H16N2O3S/c1-11-7-8-12(21-11)9-16-17-15(18)10-20-14-6-4-3-5-13(14)19-2/h3-9H,10H2,1-2H3,(H,17,18)/b16-9+. The van der Waals surface area contributed by atoms with Gasteiger partial charge in [0.15, 0.2) is 18.1 Å². The normalized spacial score (nSPS) is 10.6. The predicted octanol–water partition coefficient (Wildman–Crippen LogP) is 2.59. The van der Waals surface area contributed by atoms with Gasteiger partial charge in [-0.1, -0.05) is 12.1 Å². The van der Waals surface area contributed by atoms with E-state index in [1.807, 2.05) is 31.2 Å². The Balaban J connectivity index is 1.81. The molecule has 0 saturated heterocycles. The highest BCUT2D eigenvalue weighted by molar-refractivity contribution is 7.13. The summed E-state index contributed by atoms with van der Waals surface area (Å²) >= 11 is 1.61. The second kappa shape index (κ2) is 7.44. The Hall–Kier alpha value is -2.34. The van der Waals surface area contributed by atoms with Gasteiger partial charge in [0.1, 0.15) is 0 Å². The second-order valence-electron chi connectivity index (χ2n) is 4.18. The van der Waals surface area contributed by atoms with Crippen LogP contribution in [0.4, 0.5) is 0 Å². The van der Waals surface area contributed by atoms with Gasteiger partial charge in [-0.25, -0.2) is 5.43 Å². The minimum Gasteiger partial charge on any atom is -0.493 e. The maximum absolute atomic E-state index is 11.6. The first-order valence-electron chi connectivity index (χ1n) is 6.33. The molecule has 0 bridgehead atoms. The molecule has 0 aliphatic heterocycles. The van der Waals surface area contributed by atoms with Crippen molar-refractivity contribution in [1.82, 2.24) is 5.43 Å². The molecule has 0 fully saturated rings. The quantitative estimate of drug-likeness (QED) is 0.659. The summed E-state index contributed by atoms with van der Waals surface area (Å²) in [5, 5.41) is 3.88. The number of aryl methyl sites for hydroxylation is 1. The molecule has 1 aromatic heterocycles. The Bertz CT molecular complexity index is 637. The molecule has 110 valence electrons. The fourth-order valence-corrected chi connectivity index (χ4v) is 2.35. The van der Waals surface area contributed by atoms with Crippen LogP contribution in [-0.2, 0) is 4.79 Å². The van der Waals surface area contributed by atoms with Crippen LogP contribution >= 0.6 is 11.3 Å². The van der Waals surface area contributed by atoms with Gasteiger partial charge in [-0.15, -0.1) is 11.3 Å². The van der Waals surface area contributed by atoms with Gasteiger partial charge in [0.25, 0.3) is 5.91 Å². The lowest BCUT2D eigenvalue weighted by Crippen LogP contribution is -2.24. The number of thiophene rings is 1. The molecule has 1 aromatic carbocycles. The fraction of sp³-hybridized carbons (Fsp3) is 0.200. The van der Waals surface area contributed by atoms with Crippen LogP contribution in [0.3, 0.4) is 0 Å². The van der Waals surface area contributed by atoms with Crippen LogP contribution in [0.2, 0.25) is 0 Å². The van der Waals surface area contributed by atoms with Crippen LogP contribution in [0.5, 0.6) is 11.5 Å². The molecule has 0 unspecified atom stereocenters. The Kier molecular flexibility index (Phi) is 5.34. The van der Waals surface area contributed by atoms with E-state index in [1.54, 1.807) is 36.8 Å². The van der Waals surface area contributed by atoms with Gasteiger partial charge in [0, 0.05) is 9.75 Å². The second-order valence-corrected chi connectivity index (χ2v) is 5.50. The van der Waals surface area contributed by atoms with Gasteiger partial charge >= 0.3 is 0 Å². The zero-order chi connectivity index (χ0) is 15.1. The number of amides is 1. The molecule has 2 aromatic rings. The third kappa shape index (κ3) is 4.61. The summed E-state index contributed by atoms with van der Waals surface area (Å²) in [7, 11) is 1.55. The van der Waals surface area contributed by atoms with Crippen molar-refractivity contribution in [3.63, 3.8) is 0 Å². The maximum Gasteiger partial charge on any atom is 0.277 e. The summed E-state index contributed by atoms with van der Waals surface area (Å²) in [5.41, 5.74) is 2.42. The van der Waals surface area contributed by atoms with Crippen molar-refractivity contribution in [3.05, 3.63) is 46.2 Å². The highest BCUT2D eigenvalue weighted by atomic mass is 32.1. The highest BCUT2D eigenvalue weighted by Gasteiger charge is 2.05. The molecule has 0 atom stereocenters. The largest absolute Gasteiger partial charge is 0.493 e. The van der Waals surface area contributed by atoms with Gasteiger partial charge in [-0.2, -0.15) is 5.10 Å². The maximum atomic E-state index is 11.6. The zero-order valence-electron chi connectivity index (χ0n) is 11.8. The van der Waals surface area contributed by atoms with Crippen LogP contribution in [0, 0.1) is 6.92 Å². The molecule has 1 N–H and O–H groups in total. The first kappa shape index (κ1) is 15.1. The lowest BCUT2D eigenvalue weighted by Gasteiger charge is -2.08. The summed E-state index contributed by atoms with van der Waals surface area (Å²) in [4.78, 5) is 13.8. The van der Waals surface area contributed by atoms with E-state index in [0.717, 1.165) is 4.88 Å². The highest BCUT2D eigenvalue weighted by Crippen LogP contribution is 2.25. The van der Waals surface area contributed by atoms with Crippen molar-refractivity contribution in [3.8, 4) is 11.5 Å². The average molecular weight is 304 g/mol. The lowest BCUT2D eigenvalue weighted by atomic mass is 10.3. The Morgan fingerprint density at radius 3 is 2.71 bits per heavy atom.